The molecule has 0 saturated carbocycles. The molecule has 1 aliphatic rings. The van der Waals surface area contributed by atoms with Gasteiger partial charge in [-0.3, -0.25) is 0 Å². The van der Waals surface area contributed by atoms with Crippen LogP contribution < -0.4 is 0 Å². The summed E-state index contributed by atoms with van der Waals surface area (Å²) in [5.41, 5.74) is -0.843. The lowest BCUT2D eigenvalue weighted by atomic mass is 9.68. The van der Waals surface area contributed by atoms with E-state index in [1.165, 1.54) is 32.4 Å². The topological polar surface area (TPSA) is 38.7 Å². The lowest BCUT2D eigenvalue weighted by Gasteiger charge is -2.44. The molecular formula is C14H17ClF2O3. The second-order valence-corrected chi connectivity index (χ2v) is 5.45. The summed E-state index contributed by atoms with van der Waals surface area (Å²) in [7, 11) is 2.85. The van der Waals surface area contributed by atoms with Gasteiger partial charge in [-0.2, -0.15) is 0 Å². The van der Waals surface area contributed by atoms with Crippen LogP contribution in [-0.2, 0) is 20.8 Å². The lowest BCUT2D eigenvalue weighted by molar-refractivity contribution is -0.174. The number of ether oxygens (including phenoxy) is 2. The predicted octanol–water partition coefficient (Wildman–Crippen LogP) is 3.07. The van der Waals surface area contributed by atoms with Crippen LogP contribution in [0.4, 0.5) is 8.78 Å². The summed E-state index contributed by atoms with van der Waals surface area (Å²) in [6, 6.07) is 4.31. The standard InChI is InChI=1S/C14H17ClF2O3/c1-19-12(20-2)13(8-18)5-6-14(16,17)11-7-9(15)3-4-10(11)13/h3-4,7,12,18H,5-6,8H2,1-2H3. The molecular weight excluding hydrogens is 290 g/mol. The summed E-state index contributed by atoms with van der Waals surface area (Å²) in [5, 5.41) is 10.1. The number of alkyl halides is 2. The number of aliphatic hydroxyl groups is 1. The second kappa shape index (κ2) is 5.56. The first-order valence-corrected chi connectivity index (χ1v) is 6.64. The Kier molecular flexibility index (Phi) is 4.35. The Morgan fingerprint density at radius 3 is 2.45 bits per heavy atom. The van der Waals surface area contributed by atoms with Gasteiger partial charge in [-0.15, -0.1) is 0 Å². The molecule has 1 N–H and O–H groups in total. The molecule has 1 unspecified atom stereocenters. The number of rotatable bonds is 4. The van der Waals surface area contributed by atoms with Gasteiger partial charge in [0, 0.05) is 31.2 Å². The Hall–Kier alpha value is -0.750. The molecule has 0 fully saturated rings. The van der Waals surface area contributed by atoms with Crippen LogP contribution in [0.5, 0.6) is 0 Å². The highest BCUT2D eigenvalue weighted by Gasteiger charge is 2.52. The average molecular weight is 307 g/mol. The highest BCUT2D eigenvalue weighted by molar-refractivity contribution is 6.30. The van der Waals surface area contributed by atoms with Gasteiger partial charge in [-0.25, -0.2) is 8.78 Å². The first-order valence-electron chi connectivity index (χ1n) is 6.26. The number of methoxy groups -OCH3 is 2. The maximum atomic E-state index is 14.1. The molecule has 3 nitrogen and oxygen atoms in total. The average Bonchev–Trinajstić information content (AvgIpc) is 2.43. The third-order valence-corrected chi connectivity index (χ3v) is 4.19. The Morgan fingerprint density at radius 1 is 1.25 bits per heavy atom. The molecule has 0 spiro atoms. The van der Waals surface area contributed by atoms with Crippen molar-refractivity contribution in [2.24, 2.45) is 0 Å². The third kappa shape index (κ3) is 2.33. The van der Waals surface area contributed by atoms with Crippen molar-refractivity contribution in [1.82, 2.24) is 0 Å². The molecule has 0 radical (unpaired) electrons. The molecule has 0 heterocycles. The van der Waals surface area contributed by atoms with E-state index in [9.17, 15) is 13.9 Å². The molecule has 1 aromatic carbocycles. The molecule has 20 heavy (non-hydrogen) atoms. The van der Waals surface area contributed by atoms with Gasteiger partial charge in [-0.05, 0) is 24.1 Å². The maximum Gasteiger partial charge on any atom is 0.273 e. The van der Waals surface area contributed by atoms with Crippen LogP contribution in [0.3, 0.4) is 0 Å². The Balaban J connectivity index is 2.64. The van der Waals surface area contributed by atoms with Crippen LogP contribution in [0.1, 0.15) is 24.0 Å². The van der Waals surface area contributed by atoms with E-state index in [2.05, 4.69) is 0 Å². The zero-order chi connectivity index (χ0) is 15.0. The minimum atomic E-state index is -2.97. The summed E-state index contributed by atoms with van der Waals surface area (Å²) in [6.07, 6.45) is -1.12. The van der Waals surface area contributed by atoms with E-state index in [1.807, 2.05) is 0 Å². The van der Waals surface area contributed by atoms with Crippen LogP contribution in [0, 0.1) is 0 Å². The predicted molar refractivity (Wildman–Crippen MR) is 71.1 cm³/mol. The van der Waals surface area contributed by atoms with Gasteiger partial charge < -0.3 is 14.6 Å². The first-order chi connectivity index (χ1) is 9.41. The van der Waals surface area contributed by atoms with E-state index in [4.69, 9.17) is 21.1 Å². The molecule has 112 valence electrons. The summed E-state index contributed by atoms with van der Waals surface area (Å²) >= 11 is 5.83. The first kappa shape index (κ1) is 15.6. The number of benzene rings is 1. The van der Waals surface area contributed by atoms with Crippen molar-refractivity contribution in [3.63, 3.8) is 0 Å². The third-order valence-electron chi connectivity index (χ3n) is 3.96. The van der Waals surface area contributed by atoms with E-state index in [0.717, 1.165) is 0 Å². The Bertz CT molecular complexity index is 491. The second-order valence-electron chi connectivity index (χ2n) is 5.01. The van der Waals surface area contributed by atoms with Gasteiger partial charge >= 0.3 is 0 Å². The molecule has 1 aromatic rings. The molecule has 2 rings (SSSR count). The van der Waals surface area contributed by atoms with E-state index in [1.54, 1.807) is 0 Å². The van der Waals surface area contributed by atoms with Gasteiger partial charge in [0.05, 0.1) is 12.0 Å². The van der Waals surface area contributed by atoms with Gasteiger partial charge in [0.25, 0.3) is 5.92 Å². The van der Waals surface area contributed by atoms with E-state index < -0.39 is 17.6 Å². The smallest absolute Gasteiger partial charge is 0.273 e. The van der Waals surface area contributed by atoms with Crippen LogP contribution in [0.25, 0.3) is 0 Å². The van der Waals surface area contributed by atoms with E-state index >= 15 is 0 Å². The minimum Gasteiger partial charge on any atom is -0.395 e. The fourth-order valence-electron chi connectivity index (χ4n) is 2.93. The summed E-state index contributed by atoms with van der Waals surface area (Å²) in [5.74, 6) is -2.97. The van der Waals surface area contributed by atoms with Gasteiger partial charge in [-0.1, -0.05) is 17.7 Å². The zero-order valence-electron chi connectivity index (χ0n) is 11.3. The van der Waals surface area contributed by atoms with Crippen LogP contribution in [0.2, 0.25) is 5.02 Å². The van der Waals surface area contributed by atoms with E-state index in [0.29, 0.717) is 5.56 Å². The van der Waals surface area contributed by atoms with E-state index in [-0.39, 0.29) is 30.0 Å². The molecule has 0 aliphatic heterocycles. The fraction of sp³-hybridized carbons (Fsp3) is 0.571. The molecule has 1 atom stereocenters. The molecule has 0 amide bonds. The number of hydrogen-bond donors (Lipinski definition) is 1. The normalized spacial score (nSPS) is 24.8. The number of halogens is 3. The van der Waals surface area contributed by atoms with Crippen molar-refractivity contribution in [3.05, 3.63) is 34.3 Å². The lowest BCUT2D eigenvalue weighted by Crippen LogP contribution is -2.49. The van der Waals surface area contributed by atoms with Crippen molar-refractivity contribution in [3.8, 4) is 0 Å². The Labute approximate surface area is 121 Å². The van der Waals surface area contributed by atoms with Gasteiger partial charge in [0.1, 0.15) is 0 Å². The highest BCUT2D eigenvalue weighted by atomic mass is 35.5. The summed E-state index contributed by atoms with van der Waals surface area (Å²) in [6.45, 7) is -0.343. The molecule has 0 saturated heterocycles. The minimum absolute atomic E-state index is 0.0669. The SMILES string of the molecule is COC(OC)C1(CO)CCC(F)(F)c2cc(Cl)ccc21. The molecule has 0 aromatic heterocycles. The van der Waals surface area contributed by atoms with Gasteiger partial charge in [0.15, 0.2) is 6.29 Å². The van der Waals surface area contributed by atoms with Crippen molar-refractivity contribution in [1.29, 1.82) is 0 Å². The van der Waals surface area contributed by atoms with Crippen molar-refractivity contribution in [2.75, 3.05) is 20.8 Å². The quantitative estimate of drug-likeness (QED) is 0.869. The van der Waals surface area contributed by atoms with Gasteiger partial charge in [0.2, 0.25) is 0 Å². The maximum absolute atomic E-state index is 14.1. The van der Waals surface area contributed by atoms with Crippen molar-refractivity contribution in [2.45, 2.75) is 30.5 Å². The number of aliphatic hydroxyl groups excluding tert-OH is 1. The number of hydrogen-bond acceptors (Lipinski definition) is 3. The zero-order valence-corrected chi connectivity index (χ0v) is 12.1. The van der Waals surface area contributed by atoms with Crippen LogP contribution in [-0.4, -0.2) is 32.2 Å². The van der Waals surface area contributed by atoms with Crippen molar-refractivity contribution >= 4 is 11.6 Å². The van der Waals surface area contributed by atoms with Crippen molar-refractivity contribution < 1.29 is 23.4 Å². The molecule has 0 bridgehead atoms. The van der Waals surface area contributed by atoms with Crippen LogP contribution >= 0.6 is 11.6 Å². The molecule has 6 heteroatoms. The summed E-state index contributed by atoms with van der Waals surface area (Å²) < 4.78 is 38.7. The van der Waals surface area contributed by atoms with Crippen LogP contribution in [0.15, 0.2) is 18.2 Å². The molecule has 1 aliphatic carbocycles. The Morgan fingerprint density at radius 2 is 1.90 bits per heavy atom. The highest BCUT2D eigenvalue weighted by Crippen LogP contribution is 2.50. The number of fused-ring (bicyclic) bond motifs is 1. The summed E-state index contributed by atoms with van der Waals surface area (Å²) in [4.78, 5) is 0. The largest absolute Gasteiger partial charge is 0.395 e. The monoisotopic (exact) mass is 306 g/mol. The fourth-order valence-corrected chi connectivity index (χ4v) is 3.11.